The Kier molecular flexibility index (Phi) is 8.00. The molecule has 0 saturated carbocycles. The zero-order valence-electron chi connectivity index (χ0n) is 21.6. The second-order valence-electron chi connectivity index (χ2n) is 10.2. The van der Waals surface area contributed by atoms with Crippen molar-refractivity contribution in [3.8, 4) is 11.1 Å². The van der Waals surface area contributed by atoms with Crippen LogP contribution in [0.2, 0.25) is 0 Å². The van der Waals surface area contributed by atoms with Crippen molar-refractivity contribution in [3.63, 3.8) is 0 Å². The lowest BCUT2D eigenvalue weighted by molar-refractivity contribution is -0.142. The number of carbonyl (C=O) groups is 3. The predicted molar refractivity (Wildman–Crippen MR) is 143 cm³/mol. The highest BCUT2D eigenvalue weighted by molar-refractivity contribution is 5.79. The normalized spacial score (nSPS) is 14.0. The minimum Gasteiger partial charge on any atom is -0.481 e. The summed E-state index contributed by atoms with van der Waals surface area (Å²) in [6.45, 7) is 5.00. The molecule has 0 saturated heterocycles. The summed E-state index contributed by atoms with van der Waals surface area (Å²) in [7, 11) is 0. The number of amides is 2. The third-order valence-corrected chi connectivity index (χ3v) is 6.36. The number of carboxylic acid groups (broad SMARTS) is 1. The summed E-state index contributed by atoms with van der Waals surface area (Å²) in [4.78, 5) is 37.5. The van der Waals surface area contributed by atoms with Gasteiger partial charge >= 0.3 is 18.2 Å². The third kappa shape index (κ3) is 6.32. The van der Waals surface area contributed by atoms with Gasteiger partial charge in [0.2, 0.25) is 0 Å². The molecule has 38 heavy (non-hydrogen) atoms. The van der Waals surface area contributed by atoms with Crippen LogP contribution in [0, 0.1) is 5.92 Å². The second-order valence-corrected chi connectivity index (χ2v) is 10.2. The number of hydrogen-bond donors (Lipinski definition) is 3. The fourth-order valence-electron chi connectivity index (χ4n) is 4.70. The number of alkyl carbamates (subject to hydrolysis) is 2. The molecule has 0 radical (unpaired) electrons. The minimum atomic E-state index is -1.19. The fraction of sp³-hybridized carbons (Fsp3) is 0.300. The van der Waals surface area contributed by atoms with E-state index < -0.39 is 35.7 Å². The molecule has 2 amide bonds. The molecule has 3 N–H and O–H groups in total. The second kappa shape index (κ2) is 11.4. The van der Waals surface area contributed by atoms with Crippen molar-refractivity contribution in [2.75, 3.05) is 13.2 Å². The van der Waals surface area contributed by atoms with Gasteiger partial charge in [-0.2, -0.15) is 0 Å². The predicted octanol–water partition coefficient (Wildman–Crippen LogP) is 5.49. The molecule has 3 aromatic carbocycles. The van der Waals surface area contributed by atoms with Gasteiger partial charge < -0.3 is 25.2 Å². The van der Waals surface area contributed by atoms with Crippen LogP contribution in [0.25, 0.3) is 11.1 Å². The first-order valence-electron chi connectivity index (χ1n) is 12.5. The maximum Gasteiger partial charge on any atom is 0.408 e. The van der Waals surface area contributed by atoms with E-state index >= 15 is 0 Å². The Hall–Kier alpha value is -4.33. The van der Waals surface area contributed by atoms with Crippen LogP contribution >= 0.6 is 0 Å². The van der Waals surface area contributed by atoms with Crippen LogP contribution in [0.1, 0.15) is 49.4 Å². The number of benzene rings is 3. The van der Waals surface area contributed by atoms with Crippen LogP contribution in [0.4, 0.5) is 9.59 Å². The number of rotatable bonds is 8. The first kappa shape index (κ1) is 26.7. The Morgan fingerprint density at radius 3 is 1.95 bits per heavy atom. The molecule has 0 heterocycles. The molecular formula is C30H32N2O6. The maximum atomic E-state index is 12.7. The van der Waals surface area contributed by atoms with Crippen molar-refractivity contribution >= 4 is 18.2 Å². The number of aliphatic carboxylic acids is 1. The summed E-state index contributed by atoms with van der Waals surface area (Å²) in [6, 6.07) is 23.8. The SMILES string of the molecule is CC(C)(C)OC(=O)N[C@H](c1ccccc1)[C@H](CNC(=O)OCC1c2ccccc2-c2ccccc21)C(=O)O. The molecule has 0 unspecified atom stereocenters. The van der Waals surface area contributed by atoms with Crippen LogP contribution in [0.3, 0.4) is 0 Å². The smallest absolute Gasteiger partial charge is 0.408 e. The summed E-state index contributed by atoms with van der Waals surface area (Å²) in [5.41, 5.74) is 4.19. The third-order valence-electron chi connectivity index (χ3n) is 6.36. The molecule has 8 nitrogen and oxygen atoms in total. The number of carbonyl (C=O) groups excluding carboxylic acids is 2. The van der Waals surface area contributed by atoms with Gasteiger partial charge in [-0.25, -0.2) is 9.59 Å². The molecule has 4 rings (SSSR count). The zero-order valence-corrected chi connectivity index (χ0v) is 21.6. The van der Waals surface area contributed by atoms with E-state index in [-0.39, 0.29) is 19.1 Å². The van der Waals surface area contributed by atoms with Gasteiger partial charge in [-0.05, 0) is 48.6 Å². The van der Waals surface area contributed by atoms with E-state index in [9.17, 15) is 19.5 Å². The molecule has 1 aliphatic rings. The van der Waals surface area contributed by atoms with Gasteiger partial charge in [0.1, 0.15) is 12.2 Å². The van der Waals surface area contributed by atoms with Crippen molar-refractivity contribution < 1.29 is 29.0 Å². The Balaban J connectivity index is 1.43. The van der Waals surface area contributed by atoms with Gasteiger partial charge in [-0.1, -0.05) is 78.9 Å². The van der Waals surface area contributed by atoms with Gasteiger partial charge in [-0.15, -0.1) is 0 Å². The minimum absolute atomic E-state index is 0.107. The van der Waals surface area contributed by atoms with Gasteiger partial charge in [0, 0.05) is 12.5 Å². The molecule has 0 fully saturated rings. The summed E-state index contributed by atoms with van der Waals surface area (Å²) < 4.78 is 10.9. The summed E-state index contributed by atoms with van der Waals surface area (Å²) in [5, 5.41) is 15.2. The summed E-state index contributed by atoms with van der Waals surface area (Å²) in [6.07, 6.45) is -1.49. The molecular weight excluding hydrogens is 484 g/mol. The molecule has 0 bridgehead atoms. The van der Waals surface area contributed by atoms with Crippen molar-refractivity contribution in [1.29, 1.82) is 0 Å². The van der Waals surface area contributed by atoms with Crippen LogP contribution < -0.4 is 10.6 Å². The molecule has 198 valence electrons. The van der Waals surface area contributed by atoms with Gasteiger partial charge in [0.05, 0.1) is 12.0 Å². The first-order valence-corrected chi connectivity index (χ1v) is 12.5. The summed E-state index contributed by atoms with van der Waals surface area (Å²) in [5.74, 6) is -2.48. The number of hydrogen-bond acceptors (Lipinski definition) is 5. The van der Waals surface area contributed by atoms with Crippen LogP contribution in [0.15, 0.2) is 78.9 Å². The van der Waals surface area contributed by atoms with Crippen molar-refractivity contribution in [2.45, 2.75) is 38.3 Å². The molecule has 0 aromatic heterocycles. The quantitative estimate of drug-likeness (QED) is 0.365. The van der Waals surface area contributed by atoms with Crippen LogP contribution in [0.5, 0.6) is 0 Å². The monoisotopic (exact) mass is 516 g/mol. The standard InChI is InChI=1S/C30H32N2O6/c1-30(2,3)38-29(36)32-26(19-11-5-4-6-12-19)24(27(33)34)17-31-28(35)37-18-25-22-15-9-7-13-20(22)21-14-8-10-16-23(21)25/h4-16,24-26H,17-18H2,1-3H3,(H,31,35)(H,32,36)(H,33,34)/t24-,26+/m0/s1. The van der Waals surface area contributed by atoms with E-state index in [2.05, 4.69) is 10.6 Å². The number of ether oxygens (including phenoxy) is 2. The fourth-order valence-corrected chi connectivity index (χ4v) is 4.70. The molecule has 3 aromatic rings. The van der Waals surface area contributed by atoms with E-state index in [1.54, 1.807) is 51.1 Å². The highest BCUT2D eigenvalue weighted by atomic mass is 16.6. The van der Waals surface area contributed by atoms with Crippen molar-refractivity contribution in [2.24, 2.45) is 5.92 Å². The first-order chi connectivity index (χ1) is 18.1. The van der Waals surface area contributed by atoms with E-state index in [4.69, 9.17) is 9.47 Å². The van der Waals surface area contributed by atoms with Gasteiger partial charge in [0.25, 0.3) is 0 Å². The molecule has 2 atom stereocenters. The van der Waals surface area contributed by atoms with Gasteiger partial charge in [0.15, 0.2) is 0 Å². The zero-order chi connectivity index (χ0) is 27.3. The number of carboxylic acids is 1. The highest BCUT2D eigenvalue weighted by Gasteiger charge is 2.33. The Morgan fingerprint density at radius 2 is 1.39 bits per heavy atom. The number of nitrogens with one attached hydrogen (secondary N) is 2. The Morgan fingerprint density at radius 1 is 0.842 bits per heavy atom. The van der Waals surface area contributed by atoms with Crippen LogP contribution in [-0.2, 0) is 14.3 Å². The Bertz CT molecular complexity index is 1260. The lowest BCUT2D eigenvalue weighted by Gasteiger charge is -2.28. The van der Waals surface area contributed by atoms with E-state index in [0.29, 0.717) is 5.56 Å². The molecule has 8 heteroatoms. The molecule has 0 spiro atoms. The van der Waals surface area contributed by atoms with Crippen molar-refractivity contribution in [1.82, 2.24) is 10.6 Å². The molecule has 0 aliphatic heterocycles. The average Bonchev–Trinajstić information content (AvgIpc) is 3.20. The van der Waals surface area contributed by atoms with Crippen molar-refractivity contribution in [3.05, 3.63) is 95.6 Å². The lowest BCUT2D eigenvalue weighted by atomic mass is 9.93. The topological polar surface area (TPSA) is 114 Å². The summed E-state index contributed by atoms with van der Waals surface area (Å²) >= 11 is 0. The van der Waals surface area contributed by atoms with E-state index in [1.807, 2.05) is 48.5 Å². The van der Waals surface area contributed by atoms with Gasteiger partial charge in [-0.3, -0.25) is 4.79 Å². The largest absolute Gasteiger partial charge is 0.481 e. The number of fused-ring (bicyclic) bond motifs is 3. The maximum absolute atomic E-state index is 12.7. The lowest BCUT2D eigenvalue weighted by Crippen LogP contribution is -2.44. The molecule has 1 aliphatic carbocycles. The van der Waals surface area contributed by atoms with Crippen LogP contribution in [-0.4, -0.2) is 42.0 Å². The Labute approximate surface area is 222 Å². The highest BCUT2D eigenvalue weighted by Crippen LogP contribution is 2.44. The average molecular weight is 517 g/mol. The van der Waals surface area contributed by atoms with E-state index in [0.717, 1.165) is 22.3 Å². The van der Waals surface area contributed by atoms with E-state index in [1.165, 1.54) is 0 Å².